The van der Waals surface area contributed by atoms with Crippen molar-refractivity contribution < 1.29 is 4.39 Å². The smallest absolute Gasteiger partial charge is 0.190 e. The third-order valence-electron chi connectivity index (χ3n) is 3.37. The minimum absolute atomic E-state index is 0.326. The van der Waals surface area contributed by atoms with Crippen LogP contribution in [0, 0.1) is 5.82 Å². The lowest BCUT2D eigenvalue weighted by atomic mass is 10.3. The van der Waals surface area contributed by atoms with Crippen LogP contribution in [0.5, 0.6) is 0 Å². The van der Waals surface area contributed by atoms with E-state index in [1.807, 2.05) is 30.3 Å². The first kappa shape index (κ1) is 13.3. The number of hydrogen-bond acceptors (Lipinski definition) is 5. The van der Waals surface area contributed by atoms with Crippen LogP contribution in [0.4, 0.5) is 15.9 Å². The van der Waals surface area contributed by atoms with Gasteiger partial charge in [-0.25, -0.2) is 9.07 Å². The summed E-state index contributed by atoms with van der Waals surface area (Å²) in [6.45, 7) is 0. The molecule has 1 N–H and O–H groups in total. The zero-order chi connectivity index (χ0) is 15.6. The fraction of sp³-hybridized carbons (Fsp3) is 0. The summed E-state index contributed by atoms with van der Waals surface area (Å²) in [6.07, 6.45) is 1.66. The van der Waals surface area contributed by atoms with Crippen LogP contribution < -0.4 is 5.32 Å². The first-order valence-electron chi connectivity index (χ1n) is 6.96. The molecule has 0 bridgehead atoms. The summed E-state index contributed by atoms with van der Waals surface area (Å²) in [6, 6.07) is 15.8. The molecule has 2 aromatic carbocycles. The molecule has 0 aliphatic rings. The molecule has 2 aromatic heterocycles. The van der Waals surface area contributed by atoms with Gasteiger partial charge in [0.2, 0.25) is 0 Å². The van der Waals surface area contributed by atoms with Crippen LogP contribution in [0.1, 0.15) is 0 Å². The molecule has 112 valence electrons. The summed E-state index contributed by atoms with van der Waals surface area (Å²) in [7, 11) is 0. The molecule has 0 radical (unpaired) electrons. The zero-order valence-corrected chi connectivity index (χ0v) is 11.9. The third-order valence-corrected chi connectivity index (χ3v) is 3.37. The summed E-state index contributed by atoms with van der Waals surface area (Å²) < 4.78 is 15.0. The molecular formula is C16H11FN6. The first-order valence-corrected chi connectivity index (χ1v) is 6.96. The van der Waals surface area contributed by atoms with Gasteiger partial charge in [0, 0.05) is 5.69 Å². The average Bonchev–Trinajstić information content (AvgIpc) is 3.01. The summed E-state index contributed by atoms with van der Waals surface area (Å²) in [5.41, 5.74) is 2.03. The Hall–Kier alpha value is -3.35. The van der Waals surface area contributed by atoms with Gasteiger partial charge in [-0.2, -0.15) is 5.10 Å². The Morgan fingerprint density at radius 1 is 0.957 bits per heavy atom. The standard InChI is InChI=1S/C16H11FN6/c17-11-5-4-6-12(9-11)19-15-14-10-18-23(16(14)21-22-20-15)13-7-2-1-3-8-13/h1-10H,(H,19,20,21). The number of rotatable bonds is 3. The van der Waals surface area contributed by atoms with Crippen LogP contribution >= 0.6 is 0 Å². The van der Waals surface area contributed by atoms with Gasteiger partial charge in [0.15, 0.2) is 11.5 Å². The number of para-hydroxylation sites is 1. The maximum atomic E-state index is 13.3. The minimum atomic E-state index is -0.326. The fourth-order valence-electron chi connectivity index (χ4n) is 2.32. The van der Waals surface area contributed by atoms with Crippen molar-refractivity contribution in [3.8, 4) is 5.69 Å². The van der Waals surface area contributed by atoms with Crippen LogP contribution in [0.2, 0.25) is 0 Å². The predicted octanol–water partition coefficient (Wildman–Crippen LogP) is 3.09. The van der Waals surface area contributed by atoms with Gasteiger partial charge in [-0.15, -0.1) is 10.2 Å². The number of benzene rings is 2. The van der Waals surface area contributed by atoms with Gasteiger partial charge < -0.3 is 5.32 Å². The molecule has 6 nitrogen and oxygen atoms in total. The second-order valence-electron chi connectivity index (χ2n) is 4.90. The molecule has 4 rings (SSSR count). The number of anilines is 2. The third kappa shape index (κ3) is 2.48. The van der Waals surface area contributed by atoms with Crippen molar-refractivity contribution in [2.24, 2.45) is 0 Å². The van der Waals surface area contributed by atoms with Crippen LogP contribution in [0.3, 0.4) is 0 Å². The van der Waals surface area contributed by atoms with Crippen molar-refractivity contribution in [3.05, 3.63) is 66.6 Å². The van der Waals surface area contributed by atoms with Crippen LogP contribution in [0.15, 0.2) is 60.8 Å². The highest BCUT2D eigenvalue weighted by molar-refractivity contribution is 5.88. The topological polar surface area (TPSA) is 68.5 Å². The maximum Gasteiger partial charge on any atom is 0.190 e. The highest BCUT2D eigenvalue weighted by Gasteiger charge is 2.12. The van der Waals surface area contributed by atoms with Crippen molar-refractivity contribution in [2.75, 3.05) is 5.32 Å². The molecule has 0 fully saturated rings. The molecule has 0 aliphatic heterocycles. The molecule has 23 heavy (non-hydrogen) atoms. The number of aromatic nitrogens is 5. The molecular weight excluding hydrogens is 295 g/mol. The van der Waals surface area contributed by atoms with Crippen molar-refractivity contribution in [1.29, 1.82) is 0 Å². The highest BCUT2D eigenvalue weighted by atomic mass is 19.1. The van der Waals surface area contributed by atoms with E-state index in [1.54, 1.807) is 23.0 Å². The lowest BCUT2D eigenvalue weighted by Gasteiger charge is -2.06. The van der Waals surface area contributed by atoms with Crippen LogP contribution in [-0.2, 0) is 0 Å². The Balaban J connectivity index is 1.79. The molecule has 0 atom stereocenters. The molecule has 7 heteroatoms. The Morgan fingerprint density at radius 3 is 2.65 bits per heavy atom. The first-order chi connectivity index (χ1) is 11.3. The molecule has 0 saturated heterocycles. The quantitative estimate of drug-likeness (QED) is 0.630. The largest absolute Gasteiger partial charge is 0.338 e. The minimum Gasteiger partial charge on any atom is -0.338 e. The second-order valence-corrected chi connectivity index (χ2v) is 4.90. The van der Waals surface area contributed by atoms with Crippen molar-refractivity contribution in [2.45, 2.75) is 0 Å². The second kappa shape index (κ2) is 5.45. The zero-order valence-electron chi connectivity index (χ0n) is 11.9. The number of hydrogen-bond donors (Lipinski definition) is 1. The van der Waals surface area contributed by atoms with Crippen molar-refractivity contribution >= 4 is 22.5 Å². The molecule has 0 amide bonds. The predicted molar refractivity (Wildman–Crippen MR) is 84.1 cm³/mol. The number of fused-ring (bicyclic) bond motifs is 1. The van der Waals surface area contributed by atoms with Gasteiger partial charge in [-0.3, -0.25) is 0 Å². The molecule has 0 spiro atoms. The Morgan fingerprint density at radius 2 is 1.83 bits per heavy atom. The Labute approximate surface area is 130 Å². The summed E-state index contributed by atoms with van der Waals surface area (Å²) in [5.74, 6) is 0.149. The van der Waals surface area contributed by atoms with E-state index in [0.717, 1.165) is 5.69 Å². The van der Waals surface area contributed by atoms with E-state index >= 15 is 0 Å². The van der Waals surface area contributed by atoms with Gasteiger partial charge >= 0.3 is 0 Å². The van der Waals surface area contributed by atoms with E-state index in [0.29, 0.717) is 22.5 Å². The Bertz CT molecular complexity index is 967. The summed E-state index contributed by atoms with van der Waals surface area (Å²) in [5, 5.41) is 19.9. The van der Waals surface area contributed by atoms with Gasteiger partial charge in [0.25, 0.3) is 0 Å². The van der Waals surface area contributed by atoms with Gasteiger partial charge in [-0.05, 0) is 35.5 Å². The SMILES string of the molecule is Fc1cccc(Nc2nnnc3c2cnn3-c2ccccc2)c1. The maximum absolute atomic E-state index is 13.3. The monoisotopic (exact) mass is 306 g/mol. The van der Waals surface area contributed by atoms with E-state index in [4.69, 9.17) is 0 Å². The van der Waals surface area contributed by atoms with Crippen molar-refractivity contribution in [3.63, 3.8) is 0 Å². The lowest BCUT2D eigenvalue weighted by molar-refractivity contribution is 0.628. The van der Waals surface area contributed by atoms with Crippen molar-refractivity contribution in [1.82, 2.24) is 25.2 Å². The Kier molecular flexibility index (Phi) is 3.16. The van der Waals surface area contributed by atoms with Crippen LogP contribution in [-0.4, -0.2) is 25.2 Å². The van der Waals surface area contributed by atoms with Gasteiger partial charge in [0.1, 0.15) is 5.82 Å². The fourth-order valence-corrected chi connectivity index (χ4v) is 2.32. The van der Waals surface area contributed by atoms with Crippen LogP contribution in [0.25, 0.3) is 16.7 Å². The number of halogens is 1. The molecule has 2 heterocycles. The van der Waals surface area contributed by atoms with E-state index in [1.165, 1.54) is 12.1 Å². The van der Waals surface area contributed by atoms with E-state index in [2.05, 4.69) is 25.8 Å². The molecule has 0 unspecified atom stereocenters. The highest BCUT2D eigenvalue weighted by Crippen LogP contribution is 2.24. The van der Waals surface area contributed by atoms with E-state index < -0.39 is 0 Å². The summed E-state index contributed by atoms with van der Waals surface area (Å²) >= 11 is 0. The van der Waals surface area contributed by atoms with Gasteiger partial charge in [-0.1, -0.05) is 24.3 Å². The normalized spacial score (nSPS) is 10.8. The molecule has 4 aromatic rings. The number of nitrogens with zero attached hydrogens (tertiary/aromatic N) is 5. The van der Waals surface area contributed by atoms with E-state index in [9.17, 15) is 4.39 Å². The van der Waals surface area contributed by atoms with E-state index in [-0.39, 0.29) is 5.82 Å². The van der Waals surface area contributed by atoms with Gasteiger partial charge in [0.05, 0.1) is 17.3 Å². The average molecular weight is 306 g/mol. The molecule has 0 saturated carbocycles. The lowest BCUT2D eigenvalue weighted by Crippen LogP contribution is -2.01. The number of nitrogens with one attached hydrogen (secondary N) is 1. The molecule has 0 aliphatic carbocycles. The summed E-state index contributed by atoms with van der Waals surface area (Å²) in [4.78, 5) is 0.